The Morgan fingerprint density at radius 2 is 1.97 bits per heavy atom. The maximum atomic E-state index is 13.3. The van der Waals surface area contributed by atoms with Crippen molar-refractivity contribution in [3.63, 3.8) is 0 Å². The van der Waals surface area contributed by atoms with E-state index >= 15 is 0 Å². The Kier molecular flexibility index (Phi) is 8.41. The minimum Gasteiger partial charge on any atom is -0.469 e. The van der Waals surface area contributed by atoms with E-state index < -0.39 is 33.8 Å². The lowest BCUT2D eigenvalue weighted by molar-refractivity contribution is -0.141. The standard InChI is InChI=1S/C22H24ClFN2O6S/c1-31-21(27)12-19(14-4-7-16(24)8-5-14)26-22(28)15-6-9-18(23)20(11-15)33(29,30)25-13-17-3-2-10-32-17/h4-9,11,17,19,25H,2-3,10,12-13H2,1H3,(H,26,28). The normalized spacial score (nSPS) is 16.9. The fourth-order valence-corrected chi connectivity index (χ4v) is 4.97. The van der Waals surface area contributed by atoms with E-state index in [4.69, 9.17) is 16.3 Å². The quantitative estimate of drug-likeness (QED) is 0.514. The van der Waals surface area contributed by atoms with Crippen LogP contribution in [0.4, 0.5) is 4.39 Å². The molecule has 2 N–H and O–H groups in total. The van der Waals surface area contributed by atoms with Crippen LogP contribution in [-0.2, 0) is 24.3 Å². The number of carbonyl (C=O) groups excluding carboxylic acids is 2. The molecule has 1 saturated heterocycles. The number of ether oxygens (including phenoxy) is 2. The number of methoxy groups -OCH3 is 1. The number of hydrogen-bond acceptors (Lipinski definition) is 6. The molecule has 1 aliphatic heterocycles. The molecule has 1 heterocycles. The average molecular weight is 499 g/mol. The van der Waals surface area contributed by atoms with Crippen LogP contribution in [0.1, 0.15) is 41.2 Å². The van der Waals surface area contributed by atoms with E-state index in [9.17, 15) is 22.4 Å². The second-order valence-corrected chi connectivity index (χ2v) is 9.63. The predicted octanol–water partition coefficient (Wildman–Crippen LogP) is 2.97. The van der Waals surface area contributed by atoms with Crippen molar-refractivity contribution < 1.29 is 31.9 Å². The average Bonchev–Trinajstić information content (AvgIpc) is 3.31. The van der Waals surface area contributed by atoms with Gasteiger partial charge in [-0.2, -0.15) is 0 Å². The summed E-state index contributed by atoms with van der Waals surface area (Å²) in [5.41, 5.74) is 0.504. The minimum absolute atomic E-state index is 0.0221. The zero-order valence-corrected chi connectivity index (χ0v) is 19.4. The maximum absolute atomic E-state index is 13.3. The highest BCUT2D eigenvalue weighted by Crippen LogP contribution is 2.24. The van der Waals surface area contributed by atoms with Gasteiger partial charge >= 0.3 is 5.97 Å². The van der Waals surface area contributed by atoms with Gasteiger partial charge in [0.2, 0.25) is 10.0 Å². The molecule has 2 unspecified atom stereocenters. The Morgan fingerprint density at radius 1 is 1.24 bits per heavy atom. The fraction of sp³-hybridized carbons (Fsp3) is 0.364. The van der Waals surface area contributed by atoms with Crippen LogP contribution < -0.4 is 10.0 Å². The van der Waals surface area contributed by atoms with Crippen LogP contribution in [0.3, 0.4) is 0 Å². The lowest BCUT2D eigenvalue weighted by Crippen LogP contribution is -2.33. The van der Waals surface area contributed by atoms with Crippen LogP contribution in [0.25, 0.3) is 0 Å². The van der Waals surface area contributed by atoms with Crippen molar-refractivity contribution >= 4 is 33.5 Å². The van der Waals surface area contributed by atoms with Crippen molar-refractivity contribution in [2.75, 3.05) is 20.3 Å². The van der Waals surface area contributed by atoms with Crippen LogP contribution in [0.2, 0.25) is 5.02 Å². The zero-order valence-electron chi connectivity index (χ0n) is 17.8. The third-order valence-corrected chi connectivity index (χ3v) is 7.09. The molecule has 0 saturated carbocycles. The van der Waals surface area contributed by atoms with Crippen molar-refractivity contribution in [2.24, 2.45) is 0 Å². The number of amides is 1. The van der Waals surface area contributed by atoms with Gasteiger partial charge in [0.1, 0.15) is 10.7 Å². The van der Waals surface area contributed by atoms with E-state index in [-0.39, 0.29) is 34.6 Å². The Morgan fingerprint density at radius 3 is 2.61 bits per heavy atom. The lowest BCUT2D eigenvalue weighted by Gasteiger charge is -2.19. The molecule has 33 heavy (non-hydrogen) atoms. The molecule has 0 radical (unpaired) electrons. The second kappa shape index (κ2) is 11.1. The molecule has 2 aromatic rings. The summed E-state index contributed by atoms with van der Waals surface area (Å²) in [6.07, 6.45) is 1.21. The molecule has 0 aliphatic carbocycles. The molecule has 11 heteroatoms. The number of rotatable bonds is 9. The van der Waals surface area contributed by atoms with Gasteiger partial charge in [0.25, 0.3) is 5.91 Å². The molecular weight excluding hydrogens is 475 g/mol. The summed E-state index contributed by atoms with van der Waals surface area (Å²) in [6, 6.07) is 8.32. The van der Waals surface area contributed by atoms with Gasteiger partial charge < -0.3 is 14.8 Å². The molecule has 1 fully saturated rings. The van der Waals surface area contributed by atoms with Gasteiger partial charge in [-0.1, -0.05) is 23.7 Å². The molecule has 1 amide bonds. The number of nitrogens with one attached hydrogen (secondary N) is 2. The molecule has 1 aliphatic rings. The van der Waals surface area contributed by atoms with Crippen molar-refractivity contribution in [3.05, 3.63) is 64.4 Å². The van der Waals surface area contributed by atoms with E-state index in [1.807, 2.05) is 0 Å². The van der Waals surface area contributed by atoms with Gasteiger partial charge in [0.15, 0.2) is 0 Å². The lowest BCUT2D eigenvalue weighted by atomic mass is 10.0. The summed E-state index contributed by atoms with van der Waals surface area (Å²) in [4.78, 5) is 24.5. The molecular formula is C22H24ClFN2O6S. The monoisotopic (exact) mass is 498 g/mol. The van der Waals surface area contributed by atoms with Gasteiger partial charge in [-0.25, -0.2) is 17.5 Å². The number of sulfonamides is 1. The van der Waals surface area contributed by atoms with Crippen molar-refractivity contribution in [3.8, 4) is 0 Å². The Hall–Kier alpha value is -2.53. The molecule has 0 spiro atoms. The predicted molar refractivity (Wildman–Crippen MR) is 119 cm³/mol. The summed E-state index contributed by atoms with van der Waals surface area (Å²) in [6.45, 7) is 0.685. The highest BCUT2D eigenvalue weighted by molar-refractivity contribution is 7.89. The summed E-state index contributed by atoms with van der Waals surface area (Å²) < 4.78 is 51.4. The molecule has 178 valence electrons. The third kappa shape index (κ3) is 6.73. The SMILES string of the molecule is COC(=O)CC(NC(=O)c1ccc(Cl)c(S(=O)(=O)NCC2CCCO2)c1)c1ccc(F)cc1. The van der Waals surface area contributed by atoms with Gasteiger partial charge in [0.05, 0.1) is 30.7 Å². The van der Waals surface area contributed by atoms with E-state index in [0.717, 1.165) is 18.9 Å². The largest absolute Gasteiger partial charge is 0.469 e. The maximum Gasteiger partial charge on any atom is 0.307 e. The van der Waals surface area contributed by atoms with Gasteiger partial charge in [0, 0.05) is 18.7 Å². The first-order valence-electron chi connectivity index (χ1n) is 10.2. The topological polar surface area (TPSA) is 111 Å². The molecule has 8 nitrogen and oxygen atoms in total. The number of benzene rings is 2. The molecule has 0 aromatic heterocycles. The second-order valence-electron chi connectivity index (χ2n) is 7.49. The van der Waals surface area contributed by atoms with Gasteiger partial charge in [-0.05, 0) is 48.7 Å². The Balaban J connectivity index is 1.80. The van der Waals surface area contributed by atoms with Gasteiger partial charge in [-0.3, -0.25) is 9.59 Å². The van der Waals surface area contributed by atoms with Crippen molar-refractivity contribution in [1.82, 2.24) is 10.0 Å². The first kappa shape index (κ1) is 25.1. The first-order valence-corrected chi connectivity index (χ1v) is 12.1. The molecule has 2 atom stereocenters. The smallest absolute Gasteiger partial charge is 0.307 e. The van der Waals surface area contributed by atoms with E-state index in [2.05, 4.69) is 14.8 Å². The third-order valence-electron chi connectivity index (χ3n) is 5.18. The zero-order chi connectivity index (χ0) is 24.0. The number of hydrogen-bond donors (Lipinski definition) is 2. The Labute approximate surface area is 196 Å². The number of carbonyl (C=O) groups is 2. The number of halogens is 2. The van der Waals surface area contributed by atoms with Crippen LogP contribution in [-0.4, -0.2) is 46.7 Å². The van der Waals surface area contributed by atoms with E-state index in [1.165, 1.54) is 43.5 Å². The first-order chi connectivity index (χ1) is 15.7. The summed E-state index contributed by atoms with van der Waals surface area (Å²) in [7, 11) is -2.79. The molecule has 3 rings (SSSR count). The van der Waals surface area contributed by atoms with Crippen LogP contribution in [0, 0.1) is 5.82 Å². The molecule has 0 bridgehead atoms. The minimum atomic E-state index is -4.00. The van der Waals surface area contributed by atoms with Crippen molar-refractivity contribution in [2.45, 2.75) is 36.3 Å². The van der Waals surface area contributed by atoms with Crippen LogP contribution in [0.15, 0.2) is 47.4 Å². The van der Waals surface area contributed by atoms with Crippen molar-refractivity contribution in [1.29, 1.82) is 0 Å². The highest BCUT2D eigenvalue weighted by atomic mass is 35.5. The van der Waals surface area contributed by atoms with E-state index in [0.29, 0.717) is 12.2 Å². The fourth-order valence-electron chi connectivity index (χ4n) is 3.38. The molecule has 2 aromatic carbocycles. The van der Waals surface area contributed by atoms with E-state index in [1.54, 1.807) is 0 Å². The highest BCUT2D eigenvalue weighted by Gasteiger charge is 2.25. The van der Waals surface area contributed by atoms with Gasteiger partial charge in [-0.15, -0.1) is 0 Å². The van der Waals surface area contributed by atoms with Crippen LogP contribution >= 0.6 is 11.6 Å². The summed E-state index contributed by atoms with van der Waals surface area (Å²) in [5.74, 6) is -1.69. The Bertz CT molecular complexity index is 1100. The number of esters is 1. The summed E-state index contributed by atoms with van der Waals surface area (Å²) >= 11 is 6.11. The van der Waals surface area contributed by atoms with Crippen LogP contribution in [0.5, 0.6) is 0 Å². The summed E-state index contributed by atoms with van der Waals surface area (Å²) in [5, 5.41) is 2.62.